The number of nitrogens with one attached hydrogen (secondary N) is 1. The van der Waals surface area contributed by atoms with Gasteiger partial charge in [-0.15, -0.1) is 11.6 Å². The van der Waals surface area contributed by atoms with Crippen molar-refractivity contribution in [2.45, 2.75) is 23.3 Å². The predicted molar refractivity (Wildman–Crippen MR) is 40.6 cm³/mol. The molecule has 3 fully saturated rings. The average Bonchev–Trinajstić information content (AvgIpc) is 2.40. The van der Waals surface area contributed by atoms with Gasteiger partial charge in [0.2, 0.25) is 0 Å². The Morgan fingerprint density at radius 3 is 2.64 bits per heavy atom. The molecule has 2 saturated heterocycles. The topological polar surface area (TPSA) is 38.3 Å². The highest BCUT2D eigenvalue weighted by molar-refractivity contribution is 6.26. The average molecular weight is 176 g/mol. The Bertz CT molecular complexity index is 210. The third-order valence-electron chi connectivity index (χ3n) is 2.56. The molecule has 2 heterocycles. The molecule has 11 heavy (non-hydrogen) atoms. The van der Waals surface area contributed by atoms with Crippen molar-refractivity contribution in [3.8, 4) is 0 Å². The van der Waals surface area contributed by atoms with E-state index in [2.05, 4.69) is 10.1 Å². The third-order valence-corrected chi connectivity index (χ3v) is 2.96. The lowest BCUT2D eigenvalue weighted by Crippen LogP contribution is -2.55. The van der Waals surface area contributed by atoms with E-state index in [0.29, 0.717) is 12.8 Å². The van der Waals surface area contributed by atoms with Crippen molar-refractivity contribution in [1.29, 1.82) is 0 Å². The molecule has 0 unspecified atom stereocenters. The van der Waals surface area contributed by atoms with E-state index < -0.39 is 5.54 Å². The third kappa shape index (κ3) is 0.811. The number of fused-ring (bicyclic) bond motifs is 1. The van der Waals surface area contributed by atoms with Crippen molar-refractivity contribution in [1.82, 2.24) is 5.32 Å². The lowest BCUT2D eigenvalue weighted by molar-refractivity contribution is -0.150. The molecule has 62 valence electrons. The van der Waals surface area contributed by atoms with Crippen LogP contribution in [-0.2, 0) is 9.53 Å². The Morgan fingerprint density at radius 2 is 2.27 bits per heavy atom. The van der Waals surface area contributed by atoms with Crippen molar-refractivity contribution < 1.29 is 9.53 Å². The van der Waals surface area contributed by atoms with E-state index in [-0.39, 0.29) is 10.8 Å². The monoisotopic (exact) mass is 175 g/mol. The lowest BCUT2D eigenvalue weighted by Gasteiger charge is -2.39. The molecule has 1 saturated carbocycles. The highest BCUT2D eigenvalue weighted by Gasteiger charge is 2.64. The molecule has 3 rings (SSSR count). The van der Waals surface area contributed by atoms with Crippen LogP contribution in [0, 0.1) is 0 Å². The predicted octanol–water partition coefficient (Wildman–Crippen LogP) is 0.273. The molecule has 1 aliphatic carbocycles. The molecule has 0 aromatic carbocycles. The second-order valence-electron chi connectivity index (χ2n) is 3.43. The van der Waals surface area contributed by atoms with Gasteiger partial charge >= 0.3 is 5.97 Å². The van der Waals surface area contributed by atoms with Crippen LogP contribution in [0.25, 0.3) is 0 Å². The summed E-state index contributed by atoms with van der Waals surface area (Å²) in [6, 6.07) is 0. The lowest BCUT2D eigenvalue weighted by atomic mass is 9.73. The maximum Gasteiger partial charge on any atom is 0.326 e. The Labute approximate surface area is 70.0 Å². The largest absolute Gasteiger partial charge is 0.468 e. The van der Waals surface area contributed by atoms with Crippen molar-refractivity contribution in [3.05, 3.63) is 0 Å². The van der Waals surface area contributed by atoms with Gasteiger partial charge in [0.05, 0.1) is 12.0 Å². The van der Waals surface area contributed by atoms with Gasteiger partial charge < -0.3 is 4.74 Å². The van der Waals surface area contributed by atoms with Crippen LogP contribution in [0.1, 0.15) is 12.8 Å². The maximum absolute atomic E-state index is 11.2. The van der Waals surface area contributed by atoms with Gasteiger partial charge in [-0.25, -0.2) is 0 Å². The van der Waals surface area contributed by atoms with Gasteiger partial charge in [-0.3, -0.25) is 10.1 Å². The first-order valence-corrected chi connectivity index (χ1v) is 4.00. The molecule has 0 atom stereocenters. The molecule has 0 radical (unpaired) electrons. The van der Waals surface area contributed by atoms with Gasteiger partial charge in [-0.2, -0.15) is 0 Å². The summed E-state index contributed by atoms with van der Waals surface area (Å²) >= 11 is 6.05. The van der Waals surface area contributed by atoms with E-state index in [1.54, 1.807) is 0 Å². The summed E-state index contributed by atoms with van der Waals surface area (Å²) in [6.45, 7) is 0.726. The van der Waals surface area contributed by atoms with Gasteiger partial charge in [-0.05, 0) is 12.8 Å². The van der Waals surface area contributed by atoms with E-state index in [9.17, 15) is 4.79 Å². The van der Waals surface area contributed by atoms with Crippen molar-refractivity contribution in [3.63, 3.8) is 0 Å². The summed E-state index contributed by atoms with van der Waals surface area (Å²) < 4.78 is 4.66. The number of methoxy groups -OCH3 is 1. The standard InChI is InChI=1S/C7H10ClNO2/c1-11-5(10)7-2-6(8,3-7)4-9-7/h9H,2-4H2,1H3. The summed E-state index contributed by atoms with van der Waals surface area (Å²) in [5.74, 6) is -0.175. The normalized spacial score (nSPS) is 46.7. The molecule has 3 nitrogen and oxygen atoms in total. The van der Waals surface area contributed by atoms with Crippen LogP contribution in [0.3, 0.4) is 0 Å². The van der Waals surface area contributed by atoms with Crippen LogP contribution in [0.2, 0.25) is 0 Å². The number of carbonyl (C=O) groups is 1. The molecular formula is C7H10ClNO2. The number of carbonyl (C=O) groups excluding carboxylic acids is 1. The van der Waals surface area contributed by atoms with E-state index in [1.807, 2.05) is 0 Å². The molecule has 0 aromatic heterocycles. The minimum Gasteiger partial charge on any atom is -0.468 e. The Balaban J connectivity index is 2.13. The fourth-order valence-electron chi connectivity index (χ4n) is 2.02. The van der Waals surface area contributed by atoms with Crippen molar-refractivity contribution >= 4 is 17.6 Å². The smallest absolute Gasteiger partial charge is 0.326 e. The second-order valence-corrected chi connectivity index (χ2v) is 4.23. The minimum atomic E-state index is -0.434. The summed E-state index contributed by atoms with van der Waals surface area (Å²) in [6.07, 6.45) is 1.43. The fourth-order valence-corrected chi connectivity index (χ4v) is 2.54. The first-order valence-electron chi connectivity index (χ1n) is 3.63. The summed E-state index contributed by atoms with van der Waals surface area (Å²) in [4.78, 5) is 11.0. The van der Waals surface area contributed by atoms with Crippen molar-refractivity contribution in [2.24, 2.45) is 0 Å². The van der Waals surface area contributed by atoms with E-state index in [1.165, 1.54) is 7.11 Å². The fraction of sp³-hybridized carbons (Fsp3) is 0.857. The first kappa shape index (κ1) is 7.37. The van der Waals surface area contributed by atoms with Crippen LogP contribution in [0.5, 0.6) is 0 Å². The Morgan fingerprint density at radius 1 is 1.64 bits per heavy atom. The molecule has 2 aliphatic heterocycles. The van der Waals surface area contributed by atoms with E-state index >= 15 is 0 Å². The van der Waals surface area contributed by atoms with Crippen LogP contribution in [0.15, 0.2) is 0 Å². The molecule has 0 aromatic rings. The summed E-state index contributed by atoms with van der Waals surface area (Å²) in [5.41, 5.74) is -0.434. The van der Waals surface area contributed by atoms with E-state index in [4.69, 9.17) is 11.6 Å². The number of hydrogen-bond acceptors (Lipinski definition) is 3. The zero-order valence-electron chi connectivity index (χ0n) is 6.32. The highest BCUT2D eigenvalue weighted by atomic mass is 35.5. The van der Waals surface area contributed by atoms with Crippen molar-refractivity contribution in [2.75, 3.05) is 13.7 Å². The number of halogens is 1. The van der Waals surface area contributed by atoms with Gasteiger partial charge in [0.25, 0.3) is 0 Å². The molecule has 1 N–H and O–H groups in total. The van der Waals surface area contributed by atoms with Gasteiger partial charge in [0.15, 0.2) is 0 Å². The van der Waals surface area contributed by atoms with Crippen LogP contribution < -0.4 is 5.32 Å². The zero-order valence-corrected chi connectivity index (χ0v) is 7.07. The molecular weight excluding hydrogens is 166 g/mol. The van der Waals surface area contributed by atoms with E-state index in [0.717, 1.165) is 6.54 Å². The van der Waals surface area contributed by atoms with Crippen LogP contribution >= 0.6 is 11.6 Å². The van der Waals surface area contributed by atoms with Crippen LogP contribution in [0.4, 0.5) is 0 Å². The van der Waals surface area contributed by atoms with Crippen LogP contribution in [-0.4, -0.2) is 30.0 Å². The number of alkyl halides is 1. The number of hydrogen-bond donors (Lipinski definition) is 1. The maximum atomic E-state index is 11.2. The Hall–Kier alpha value is -0.280. The quantitative estimate of drug-likeness (QED) is 0.460. The van der Waals surface area contributed by atoms with Gasteiger partial charge in [0.1, 0.15) is 5.54 Å². The van der Waals surface area contributed by atoms with Gasteiger partial charge in [0, 0.05) is 6.54 Å². The minimum absolute atomic E-state index is 0.159. The molecule has 0 spiro atoms. The zero-order chi connectivity index (χ0) is 8.11. The highest BCUT2D eigenvalue weighted by Crippen LogP contribution is 2.51. The second kappa shape index (κ2) is 1.90. The first-order chi connectivity index (χ1) is 5.10. The molecule has 3 aliphatic rings. The Kier molecular flexibility index (Phi) is 1.27. The molecule has 0 amide bonds. The number of rotatable bonds is 1. The number of esters is 1. The SMILES string of the molecule is COC(=O)C12CC(Cl)(CN1)C2. The molecule has 4 heteroatoms. The molecule has 2 bridgehead atoms. The summed E-state index contributed by atoms with van der Waals surface area (Å²) in [5, 5.41) is 3.09. The van der Waals surface area contributed by atoms with Gasteiger partial charge in [-0.1, -0.05) is 0 Å². The number of ether oxygens (including phenoxy) is 1. The summed E-state index contributed by atoms with van der Waals surface area (Å²) in [7, 11) is 1.41.